The maximum absolute atomic E-state index is 13.0. The van der Waals surface area contributed by atoms with Gasteiger partial charge in [-0.25, -0.2) is 9.59 Å². The van der Waals surface area contributed by atoms with Crippen molar-refractivity contribution in [2.75, 3.05) is 11.5 Å². The zero-order chi connectivity index (χ0) is 27.2. The van der Waals surface area contributed by atoms with Gasteiger partial charge in [-0.2, -0.15) is 17.6 Å². The quantitative estimate of drug-likeness (QED) is 0.108. The summed E-state index contributed by atoms with van der Waals surface area (Å²) in [6.07, 6.45) is -6.57. The lowest BCUT2D eigenvalue weighted by atomic mass is 10.0. The second kappa shape index (κ2) is 11.5. The van der Waals surface area contributed by atoms with Crippen molar-refractivity contribution in [3.8, 4) is 11.5 Å². The van der Waals surface area contributed by atoms with E-state index in [1.54, 1.807) is 18.2 Å². The summed E-state index contributed by atoms with van der Waals surface area (Å²) in [5, 5.41) is 9.56. The first-order chi connectivity index (χ1) is 17.4. The van der Waals surface area contributed by atoms with E-state index < -0.39 is 30.2 Å². The standard InChI is InChI=1S/C26H22F4N2O5/c27-25(28)26(29,30)37-22-9-7-21(8-10-22)36-24(35)17-4-1-15(2-5-17)11-18(23(33)34)6-3-16-12-19(31)14-20(32)13-16/h1-2,4-5,7-14,25H,3,6,31-32H2,(H,33,34)/b18-11+. The van der Waals surface area contributed by atoms with E-state index in [1.165, 1.54) is 30.3 Å². The summed E-state index contributed by atoms with van der Waals surface area (Å²) >= 11 is 0. The molecule has 5 N–H and O–H groups in total. The maximum atomic E-state index is 13.0. The van der Waals surface area contributed by atoms with Crippen molar-refractivity contribution in [2.45, 2.75) is 25.4 Å². The SMILES string of the molecule is Nc1cc(N)cc(CC/C(=C\c2ccc(C(=O)Oc3ccc(OC(F)(F)C(F)F)cc3)cc2)C(=O)O)c1. The molecule has 0 amide bonds. The fourth-order valence-electron chi connectivity index (χ4n) is 3.27. The monoisotopic (exact) mass is 518 g/mol. The van der Waals surface area contributed by atoms with Crippen LogP contribution < -0.4 is 20.9 Å². The van der Waals surface area contributed by atoms with Crippen LogP contribution in [-0.4, -0.2) is 29.6 Å². The Morgan fingerprint density at radius 3 is 2.03 bits per heavy atom. The number of benzene rings is 3. The van der Waals surface area contributed by atoms with Crippen LogP contribution in [0.3, 0.4) is 0 Å². The number of carboxylic acids is 1. The van der Waals surface area contributed by atoms with Gasteiger partial charge >= 0.3 is 24.5 Å². The molecular weight excluding hydrogens is 496 g/mol. The maximum Gasteiger partial charge on any atom is 0.461 e. The summed E-state index contributed by atoms with van der Waals surface area (Å²) in [7, 11) is 0. The zero-order valence-corrected chi connectivity index (χ0v) is 19.2. The van der Waals surface area contributed by atoms with Gasteiger partial charge in [0.25, 0.3) is 0 Å². The Labute approximate surface area is 208 Å². The average Bonchev–Trinajstić information content (AvgIpc) is 2.82. The molecule has 194 valence electrons. The molecule has 0 unspecified atom stereocenters. The number of carbonyl (C=O) groups excluding carboxylic acids is 1. The number of aryl methyl sites for hydroxylation is 1. The number of nitrogens with two attached hydrogens (primary N) is 2. The van der Waals surface area contributed by atoms with Crippen LogP contribution in [0, 0.1) is 0 Å². The summed E-state index contributed by atoms with van der Waals surface area (Å²) in [6, 6.07) is 15.1. The second-order valence-corrected chi connectivity index (χ2v) is 7.93. The highest BCUT2D eigenvalue weighted by Crippen LogP contribution is 2.29. The van der Waals surface area contributed by atoms with E-state index in [-0.39, 0.29) is 23.3 Å². The van der Waals surface area contributed by atoms with Gasteiger partial charge in [0.15, 0.2) is 0 Å². The van der Waals surface area contributed by atoms with E-state index in [0.29, 0.717) is 23.4 Å². The van der Waals surface area contributed by atoms with Crippen molar-refractivity contribution >= 4 is 29.4 Å². The smallest absolute Gasteiger partial charge is 0.461 e. The molecule has 0 atom stereocenters. The molecule has 0 radical (unpaired) electrons. The third-order valence-electron chi connectivity index (χ3n) is 5.02. The van der Waals surface area contributed by atoms with Crippen LogP contribution in [0.4, 0.5) is 28.9 Å². The molecule has 3 aromatic rings. The highest BCUT2D eigenvalue weighted by molar-refractivity contribution is 5.93. The Morgan fingerprint density at radius 1 is 0.919 bits per heavy atom. The third kappa shape index (κ3) is 7.72. The molecule has 0 fully saturated rings. The number of hydrogen-bond acceptors (Lipinski definition) is 6. The van der Waals surface area contributed by atoms with Crippen LogP contribution in [0.1, 0.15) is 27.9 Å². The molecule has 0 heterocycles. The van der Waals surface area contributed by atoms with Crippen molar-refractivity contribution in [1.29, 1.82) is 0 Å². The molecule has 0 bridgehead atoms. The number of esters is 1. The molecular formula is C26H22F4N2O5. The Hall–Kier alpha value is -4.54. The van der Waals surface area contributed by atoms with Crippen LogP contribution in [-0.2, 0) is 11.2 Å². The summed E-state index contributed by atoms with van der Waals surface area (Å²) in [5.41, 5.74) is 14.1. The second-order valence-electron chi connectivity index (χ2n) is 7.93. The Morgan fingerprint density at radius 2 is 1.49 bits per heavy atom. The van der Waals surface area contributed by atoms with Gasteiger partial charge in [-0.15, -0.1) is 0 Å². The molecule has 3 aromatic carbocycles. The number of hydrogen-bond donors (Lipinski definition) is 3. The minimum absolute atomic E-state index is 0.0305. The van der Waals surface area contributed by atoms with E-state index >= 15 is 0 Å². The van der Waals surface area contributed by atoms with Crippen LogP contribution >= 0.6 is 0 Å². The number of halogens is 4. The summed E-state index contributed by atoms with van der Waals surface area (Å²) in [5.74, 6) is -2.44. The van der Waals surface area contributed by atoms with Gasteiger partial charge in [-0.1, -0.05) is 12.1 Å². The molecule has 0 aliphatic heterocycles. The number of carboxylic acid groups (broad SMARTS) is 1. The molecule has 7 nitrogen and oxygen atoms in total. The number of aliphatic carboxylic acids is 1. The number of nitrogen functional groups attached to an aromatic ring is 2. The Bertz CT molecular complexity index is 1270. The van der Waals surface area contributed by atoms with Gasteiger partial charge < -0.3 is 26.0 Å². The molecule has 37 heavy (non-hydrogen) atoms. The summed E-state index contributed by atoms with van der Waals surface area (Å²) in [6.45, 7) is 0. The van der Waals surface area contributed by atoms with Crippen molar-refractivity contribution in [1.82, 2.24) is 0 Å². The lowest BCUT2D eigenvalue weighted by Crippen LogP contribution is -2.33. The average molecular weight is 518 g/mol. The number of rotatable bonds is 10. The number of anilines is 2. The largest absolute Gasteiger partial charge is 0.478 e. The van der Waals surface area contributed by atoms with E-state index in [9.17, 15) is 32.3 Å². The van der Waals surface area contributed by atoms with Crippen LogP contribution in [0.25, 0.3) is 6.08 Å². The predicted molar refractivity (Wildman–Crippen MR) is 129 cm³/mol. The molecule has 0 spiro atoms. The first-order valence-corrected chi connectivity index (χ1v) is 10.8. The van der Waals surface area contributed by atoms with E-state index in [0.717, 1.165) is 29.8 Å². The first kappa shape index (κ1) is 27.1. The van der Waals surface area contributed by atoms with Crippen molar-refractivity contribution in [3.05, 3.63) is 89.0 Å². The van der Waals surface area contributed by atoms with Crippen molar-refractivity contribution < 1.29 is 41.7 Å². The lowest BCUT2D eigenvalue weighted by Gasteiger charge is -2.16. The first-order valence-electron chi connectivity index (χ1n) is 10.8. The Balaban J connectivity index is 1.63. The predicted octanol–water partition coefficient (Wildman–Crippen LogP) is 5.41. The number of carbonyl (C=O) groups is 2. The fraction of sp³-hybridized carbons (Fsp3) is 0.154. The number of alkyl halides is 4. The van der Waals surface area contributed by atoms with Crippen LogP contribution in [0.5, 0.6) is 11.5 Å². The molecule has 0 aliphatic rings. The highest BCUT2D eigenvalue weighted by Gasteiger charge is 2.43. The highest BCUT2D eigenvalue weighted by atomic mass is 19.3. The van der Waals surface area contributed by atoms with Gasteiger partial charge in [-0.05, 0) is 84.6 Å². The topological polar surface area (TPSA) is 125 Å². The molecule has 11 heteroatoms. The fourth-order valence-corrected chi connectivity index (χ4v) is 3.27. The van der Waals surface area contributed by atoms with Gasteiger partial charge in [0.1, 0.15) is 11.5 Å². The van der Waals surface area contributed by atoms with E-state index in [2.05, 4.69) is 4.74 Å². The lowest BCUT2D eigenvalue weighted by molar-refractivity contribution is -0.253. The third-order valence-corrected chi connectivity index (χ3v) is 5.02. The number of ether oxygens (including phenoxy) is 2. The molecule has 0 aromatic heterocycles. The van der Waals surface area contributed by atoms with Crippen molar-refractivity contribution in [2.24, 2.45) is 0 Å². The minimum Gasteiger partial charge on any atom is -0.478 e. The van der Waals surface area contributed by atoms with Crippen LogP contribution in [0.15, 0.2) is 72.3 Å². The molecule has 3 rings (SSSR count). The van der Waals surface area contributed by atoms with E-state index in [4.69, 9.17) is 16.2 Å². The van der Waals surface area contributed by atoms with Crippen molar-refractivity contribution in [3.63, 3.8) is 0 Å². The molecule has 0 saturated heterocycles. The summed E-state index contributed by atoms with van der Waals surface area (Å²) < 4.78 is 59.5. The molecule has 0 aliphatic carbocycles. The van der Waals surface area contributed by atoms with Gasteiger partial charge in [0.2, 0.25) is 0 Å². The van der Waals surface area contributed by atoms with Crippen LogP contribution in [0.2, 0.25) is 0 Å². The van der Waals surface area contributed by atoms with E-state index in [1.807, 2.05) is 0 Å². The zero-order valence-electron chi connectivity index (χ0n) is 19.2. The molecule has 0 saturated carbocycles. The van der Waals surface area contributed by atoms with Gasteiger partial charge in [0, 0.05) is 16.9 Å². The van der Waals surface area contributed by atoms with Gasteiger partial charge in [-0.3, -0.25) is 0 Å². The normalized spacial score (nSPS) is 11.9. The Kier molecular flexibility index (Phi) is 8.38. The van der Waals surface area contributed by atoms with Gasteiger partial charge in [0.05, 0.1) is 5.56 Å². The summed E-state index contributed by atoms with van der Waals surface area (Å²) in [4.78, 5) is 24.1. The minimum atomic E-state index is -4.65.